The maximum absolute atomic E-state index is 13.8. The van der Waals surface area contributed by atoms with Crippen molar-refractivity contribution in [3.05, 3.63) is 29.6 Å². The van der Waals surface area contributed by atoms with E-state index in [2.05, 4.69) is 19.2 Å². The molecule has 1 aromatic carbocycles. The predicted octanol–water partition coefficient (Wildman–Crippen LogP) is 2.93. The van der Waals surface area contributed by atoms with Crippen molar-refractivity contribution < 1.29 is 13.2 Å². The van der Waals surface area contributed by atoms with Crippen LogP contribution in [0.25, 0.3) is 0 Å². The van der Waals surface area contributed by atoms with Gasteiger partial charge in [0, 0.05) is 25.7 Å². The van der Waals surface area contributed by atoms with Crippen LogP contribution in [0, 0.1) is 23.4 Å². The van der Waals surface area contributed by atoms with Gasteiger partial charge in [-0.2, -0.15) is 0 Å². The first-order chi connectivity index (χ1) is 9.04. The van der Waals surface area contributed by atoms with E-state index in [1.54, 1.807) is 4.90 Å². The smallest absolute Gasteiger partial charge is 0.196 e. The van der Waals surface area contributed by atoms with Crippen LogP contribution in [0.3, 0.4) is 0 Å². The Hall–Kier alpha value is -1.23. The van der Waals surface area contributed by atoms with E-state index in [1.807, 2.05) is 0 Å². The third kappa shape index (κ3) is 2.86. The van der Waals surface area contributed by atoms with Gasteiger partial charge in [-0.1, -0.05) is 20.3 Å². The lowest BCUT2D eigenvalue weighted by atomic mass is 9.97. The van der Waals surface area contributed by atoms with E-state index in [0.717, 1.165) is 12.5 Å². The van der Waals surface area contributed by atoms with Gasteiger partial charge in [0.25, 0.3) is 0 Å². The Kier molecular flexibility index (Phi) is 4.34. The Labute approximate surface area is 111 Å². The molecular formula is C14H19F3N2. The highest BCUT2D eigenvalue weighted by molar-refractivity contribution is 5.49. The van der Waals surface area contributed by atoms with Crippen LogP contribution >= 0.6 is 0 Å². The summed E-state index contributed by atoms with van der Waals surface area (Å²) < 4.78 is 40.0. The van der Waals surface area contributed by atoms with Gasteiger partial charge in [0.05, 0.1) is 5.69 Å². The van der Waals surface area contributed by atoms with Crippen LogP contribution in [0.2, 0.25) is 0 Å². The SMILES string of the molecule is CCC(C)C1CN(c2ccc(F)c(F)c2F)CCN1. The number of nitrogens with one attached hydrogen (secondary N) is 1. The summed E-state index contributed by atoms with van der Waals surface area (Å²) in [4.78, 5) is 1.78. The molecule has 0 bridgehead atoms. The Balaban J connectivity index is 2.20. The van der Waals surface area contributed by atoms with Gasteiger partial charge in [-0.3, -0.25) is 0 Å². The third-order valence-electron chi connectivity index (χ3n) is 3.89. The first-order valence-corrected chi connectivity index (χ1v) is 6.66. The van der Waals surface area contributed by atoms with Crippen molar-refractivity contribution in [1.29, 1.82) is 0 Å². The summed E-state index contributed by atoms with van der Waals surface area (Å²) in [5.74, 6) is -3.17. The summed E-state index contributed by atoms with van der Waals surface area (Å²) in [5, 5.41) is 3.38. The number of anilines is 1. The fourth-order valence-corrected chi connectivity index (χ4v) is 2.42. The minimum Gasteiger partial charge on any atom is -0.366 e. The van der Waals surface area contributed by atoms with E-state index < -0.39 is 17.5 Å². The van der Waals surface area contributed by atoms with Gasteiger partial charge in [-0.15, -0.1) is 0 Å². The molecule has 1 aliphatic heterocycles. The molecule has 0 amide bonds. The van der Waals surface area contributed by atoms with Crippen LogP contribution < -0.4 is 10.2 Å². The number of halogens is 3. The first-order valence-electron chi connectivity index (χ1n) is 6.66. The monoisotopic (exact) mass is 272 g/mol. The van der Waals surface area contributed by atoms with Crippen LogP contribution in [0.1, 0.15) is 20.3 Å². The predicted molar refractivity (Wildman–Crippen MR) is 69.8 cm³/mol. The van der Waals surface area contributed by atoms with Crippen LogP contribution in [-0.4, -0.2) is 25.7 Å². The number of hydrogen-bond acceptors (Lipinski definition) is 2. The molecule has 2 rings (SSSR count). The lowest BCUT2D eigenvalue weighted by molar-refractivity contribution is 0.339. The highest BCUT2D eigenvalue weighted by Gasteiger charge is 2.26. The van der Waals surface area contributed by atoms with Crippen LogP contribution in [-0.2, 0) is 0 Å². The van der Waals surface area contributed by atoms with Gasteiger partial charge in [0.15, 0.2) is 17.5 Å². The Morgan fingerprint density at radius 1 is 1.32 bits per heavy atom. The second-order valence-corrected chi connectivity index (χ2v) is 5.09. The van der Waals surface area contributed by atoms with Crippen LogP contribution in [0.4, 0.5) is 18.9 Å². The van der Waals surface area contributed by atoms with Gasteiger partial charge < -0.3 is 10.2 Å². The standard InChI is InChI=1S/C14H19F3N2/c1-3-9(2)11-8-19(7-6-18-11)12-5-4-10(15)13(16)14(12)17/h4-5,9,11,18H,3,6-8H2,1-2H3. The highest BCUT2D eigenvalue weighted by Crippen LogP contribution is 2.25. The lowest BCUT2D eigenvalue weighted by Gasteiger charge is -2.38. The molecule has 0 radical (unpaired) electrons. The Bertz CT molecular complexity index is 451. The van der Waals surface area contributed by atoms with Crippen molar-refractivity contribution in [3.8, 4) is 0 Å². The number of piperazine rings is 1. The van der Waals surface area contributed by atoms with Crippen molar-refractivity contribution >= 4 is 5.69 Å². The van der Waals surface area contributed by atoms with Crippen LogP contribution in [0.5, 0.6) is 0 Å². The fraction of sp³-hybridized carbons (Fsp3) is 0.571. The molecule has 5 heteroatoms. The molecule has 0 aromatic heterocycles. The number of benzene rings is 1. The lowest BCUT2D eigenvalue weighted by Crippen LogP contribution is -2.53. The van der Waals surface area contributed by atoms with E-state index >= 15 is 0 Å². The Morgan fingerprint density at radius 2 is 2.05 bits per heavy atom. The molecule has 2 atom stereocenters. The zero-order valence-electron chi connectivity index (χ0n) is 11.2. The van der Waals surface area contributed by atoms with Gasteiger partial charge >= 0.3 is 0 Å². The van der Waals surface area contributed by atoms with E-state index in [-0.39, 0.29) is 11.7 Å². The summed E-state index contributed by atoms with van der Waals surface area (Å²) in [6, 6.07) is 2.53. The van der Waals surface area contributed by atoms with Crippen LogP contribution in [0.15, 0.2) is 12.1 Å². The van der Waals surface area contributed by atoms with Gasteiger partial charge in [0.1, 0.15) is 0 Å². The summed E-state index contributed by atoms with van der Waals surface area (Å²) >= 11 is 0. The number of rotatable bonds is 3. The number of hydrogen-bond donors (Lipinski definition) is 1. The molecule has 2 unspecified atom stereocenters. The normalized spacial score (nSPS) is 21.5. The van der Waals surface area contributed by atoms with Crippen molar-refractivity contribution in [2.75, 3.05) is 24.5 Å². The van der Waals surface area contributed by atoms with Crippen molar-refractivity contribution in [3.63, 3.8) is 0 Å². The molecule has 1 fully saturated rings. The molecule has 0 aliphatic carbocycles. The number of nitrogens with zero attached hydrogens (tertiary/aromatic N) is 1. The second kappa shape index (κ2) is 5.82. The van der Waals surface area contributed by atoms with E-state index in [9.17, 15) is 13.2 Å². The molecule has 1 aliphatic rings. The minimum atomic E-state index is -1.39. The summed E-state index contributed by atoms with van der Waals surface area (Å²) in [6.45, 7) is 6.14. The van der Waals surface area contributed by atoms with E-state index in [4.69, 9.17) is 0 Å². The summed E-state index contributed by atoms with van der Waals surface area (Å²) in [6.07, 6.45) is 1.02. The molecule has 1 heterocycles. The van der Waals surface area contributed by atoms with Gasteiger partial charge in [0.2, 0.25) is 0 Å². The molecule has 1 N–H and O–H groups in total. The van der Waals surface area contributed by atoms with Gasteiger partial charge in [-0.25, -0.2) is 13.2 Å². The summed E-state index contributed by atoms with van der Waals surface area (Å²) in [5.41, 5.74) is 0.147. The molecule has 1 saturated heterocycles. The maximum atomic E-state index is 13.8. The molecule has 0 spiro atoms. The molecule has 0 saturated carbocycles. The Morgan fingerprint density at radius 3 is 2.74 bits per heavy atom. The average Bonchev–Trinajstić information content (AvgIpc) is 2.44. The average molecular weight is 272 g/mol. The minimum absolute atomic E-state index is 0.147. The third-order valence-corrected chi connectivity index (χ3v) is 3.89. The zero-order chi connectivity index (χ0) is 14.0. The quantitative estimate of drug-likeness (QED) is 0.851. The fourth-order valence-electron chi connectivity index (χ4n) is 2.42. The van der Waals surface area contributed by atoms with Gasteiger partial charge in [-0.05, 0) is 18.1 Å². The molecule has 1 aromatic rings. The summed E-state index contributed by atoms with van der Waals surface area (Å²) in [7, 11) is 0. The maximum Gasteiger partial charge on any atom is 0.196 e. The molecule has 19 heavy (non-hydrogen) atoms. The molecule has 106 valence electrons. The highest BCUT2D eigenvalue weighted by atomic mass is 19.2. The van der Waals surface area contributed by atoms with Crippen molar-refractivity contribution in [2.24, 2.45) is 5.92 Å². The molecule has 2 nitrogen and oxygen atoms in total. The first kappa shape index (κ1) is 14.2. The van der Waals surface area contributed by atoms with Crippen molar-refractivity contribution in [2.45, 2.75) is 26.3 Å². The topological polar surface area (TPSA) is 15.3 Å². The van der Waals surface area contributed by atoms with E-state index in [1.165, 1.54) is 6.07 Å². The largest absolute Gasteiger partial charge is 0.366 e. The molecular weight excluding hydrogens is 253 g/mol. The second-order valence-electron chi connectivity index (χ2n) is 5.09. The van der Waals surface area contributed by atoms with E-state index in [0.29, 0.717) is 25.6 Å². The van der Waals surface area contributed by atoms with Crippen molar-refractivity contribution in [1.82, 2.24) is 5.32 Å². The zero-order valence-corrected chi connectivity index (χ0v) is 11.2.